The van der Waals surface area contributed by atoms with E-state index in [4.69, 9.17) is 10.00 Å². The van der Waals surface area contributed by atoms with Crippen LogP contribution in [0.3, 0.4) is 0 Å². The number of aromatic nitrogens is 2. The van der Waals surface area contributed by atoms with Crippen molar-refractivity contribution in [3.05, 3.63) is 42.2 Å². The van der Waals surface area contributed by atoms with Gasteiger partial charge in [0.15, 0.2) is 0 Å². The fourth-order valence-corrected chi connectivity index (χ4v) is 3.20. The summed E-state index contributed by atoms with van der Waals surface area (Å²) < 4.78 is 7.63. The summed E-state index contributed by atoms with van der Waals surface area (Å²) in [7, 11) is 2.06. The van der Waals surface area contributed by atoms with Gasteiger partial charge < -0.3 is 9.30 Å². The average molecular weight is 310 g/mol. The molecule has 1 atom stereocenters. The Morgan fingerprint density at radius 3 is 2.70 bits per heavy atom. The second-order valence-corrected chi connectivity index (χ2v) is 5.79. The first-order valence-electron chi connectivity index (χ1n) is 8.07. The largest absolute Gasteiger partial charge is 0.379 e. The van der Waals surface area contributed by atoms with Gasteiger partial charge in [-0.1, -0.05) is 30.3 Å². The first-order valence-corrected chi connectivity index (χ1v) is 8.07. The molecule has 1 aliphatic rings. The Hall–Kier alpha value is -2.16. The number of benzene rings is 1. The zero-order valence-electron chi connectivity index (χ0n) is 13.5. The van der Waals surface area contributed by atoms with E-state index in [0.29, 0.717) is 6.42 Å². The molecule has 2 aromatic rings. The Kier molecular flexibility index (Phi) is 5.06. The minimum atomic E-state index is 0.216. The Bertz CT molecular complexity index is 668. The van der Waals surface area contributed by atoms with Crippen LogP contribution in [0.15, 0.2) is 36.5 Å². The summed E-state index contributed by atoms with van der Waals surface area (Å²) in [5, 5.41) is 9.00. The van der Waals surface area contributed by atoms with Crippen molar-refractivity contribution in [1.82, 2.24) is 14.5 Å². The van der Waals surface area contributed by atoms with E-state index in [9.17, 15) is 0 Å². The first kappa shape index (κ1) is 15.7. The SMILES string of the molecule is Cn1c(C(CCC#N)N2CCOCC2)cnc1-c1ccccc1. The molecule has 5 heteroatoms. The van der Waals surface area contributed by atoms with E-state index >= 15 is 0 Å². The van der Waals surface area contributed by atoms with Crippen LogP contribution in [0.4, 0.5) is 0 Å². The van der Waals surface area contributed by atoms with Gasteiger partial charge in [0.05, 0.1) is 37.2 Å². The summed E-state index contributed by atoms with van der Waals surface area (Å²) in [4.78, 5) is 7.04. The zero-order valence-corrected chi connectivity index (χ0v) is 13.5. The van der Waals surface area contributed by atoms with Gasteiger partial charge >= 0.3 is 0 Å². The highest BCUT2D eigenvalue weighted by Gasteiger charge is 2.25. The number of nitriles is 1. The maximum absolute atomic E-state index is 9.00. The van der Waals surface area contributed by atoms with Crippen LogP contribution < -0.4 is 0 Å². The van der Waals surface area contributed by atoms with Crippen LogP contribution in [0.25, 0.3) is 11.4 Å². The van der Waals surface area contributed by atoms with E-state index in [0.717, 1.165) is 44.1 Å². The van der Waals surface area contributed by atoms with Crippen molar-refractivity contribution in [2.24, 2.45) is 7.05 Å². The summed E-state index contributed by atoms with van der Waals surface area (Å²) in [6.07, 6.45) is 3.33. The van der Waals surface area contributed by atoms with Crippen molar-refractivity contribution in [2.45, 2.75) is 18.9 Å². The van der Waals surface area contributed by atoms with Gasteiger partial charge in [-0.15, -0.1) is 0 Å². The molecule has 1 aliphatic heterocycles. The Morgan fingerprint density at radius 1 is 1.26 bits per heavy atom. The average Bonchev–Trinajstić information content (AvgIpc) is 2.99. The molecule has 1 fully saturated rings. The van der Waals surface area contributed by atoms with E-state index in [-0.39, 0.29) is 6.04 Å². The minimum Gasteiger partial charge on any atom is -0.379 e. The lowest BCUT2D eigenvalue weighted by molar-refractivity contribution is 0.0130. The molecule has 1 aromatic heterocycles. The molecule has 0 radical (unpaired) electrons. The van der Waals surface area contributed by atoms with Crippen molar-refractivity contribution in [3.8, 4) is 17.5 Å². The fraction of sp³-hybridized carbons (Fsp3) is 0.444. The van der Waals surface area contributed by atoms with Crippen LogP contribution in [-0.4, -0.2) is 40.8 Å². The number of morpholine rings is 1. The van der Waals surface area contributed by atoms with E-state index in [2.05, 4.69) is 39.7 Å². The van der Waals surface area contributed by atoms with Gasteiger partial charge in [-0.05, 0) is 6.42 Å². The van der Waals surface area contributed by atoms with Crippen LogP contribution in [0, 0.1) is 11.3 Å². The zero-order chi connectivity index (χ0) is 16.1. The van der Waals surface area contributed by atoms with E-state index < -0.39 is 0 Å². The highest BCUT2D eigenvalue weighted by atomic mass is 16.5. The Morgan fingerprint density at radius 2 is 2.00 bits per heavy atom. The third kappa shape index (κ3) is 3.44. The molecule has 0 spiro atoms. The third-order valence-corrected chi connectivity index (χ3v) is 4.41. The van der Waals surface area contributed by atoms with Gasteiger partial charge in [0, 0.05) is 32.1 Å². The van der Waals surface area contributed by atoms with Gasteiger partial charge in [0.1, 0.15) is 5.82 Å². The molecule has 120 valence electrons. The molecular formula is C18H22N4O. The van der Waals surface area contributed by atoms with Gasteiger partial charge in [-0.3, -0.25) is 4.90 Å². The molecule has 1 aromatic carbocycles. The van der Waals surface area contributed by atoms with Crippen LogP contribution in [0.1, 0.15) is 24.6 Å². The Balaban J connectivity index is 1.90. The van der Waals surface area contributed by atoms with Crippen molar-refractivity contribution in [1.29, 1.82) is 5.26 Å². The summed E-state index contributed by atoms with van der Waals surface area (Å²) in [6, 6.07) is 12.7. The summed E-state index contributed by atoms with van der Waals surface area (Å²) in [6.45, 7) is 3.32. The maximum atomic E-state index is 9.00. The van der Waals surface area contributed by atoms with Crippen molar-refractivity contribution in [2.75, 3.05) is 26.3 Å². The van der Waals surface area contributed by atoms with Crippen molar-refractivity contribution >= 4 is 0 Å². The molecule has 0 aliphatic carbocycles. The molecule has 3 rings (SSSR count). The van der Waals surface area contributed by atoms with Crippen LogP contribution >= 0.6 is 0 Å². The summed E-state index contributed by atoms with van der Waals surface area (Å²) in [5.74, 6) is 0.968. The molecule has 0 N–H and O–H groups in total. The molecular weight excluding hydrogens is 288 g/mol. The van der Waals surface area contributed by atoms with Gasteiger partial charge in [-0.25, -0.2) is 4.98 Å². The van der Waals surface area contributed by atoms with Crippen molar-refractivity contribution < 1.29 is 4.74 Å². The number of hydrogen-bond donors (Lipinski definition) is 0. The molecule has 23 heavy (non-hydrogen) atoms. The van der Waals surface area contributed by atoms with Crippen molar-refractivity contribution in [3.63, 3.8) is 0 Å². The Labute approximate surface area is 137 Å². The lowest BCUT2D eigenvalue weighted by Gasteiger charge is -2.34. The van der Waals surface area contributed by atoms with E-state index in [1.54, 1.807) is 0 Å². The third-order valence-electron chi connectivity index (χ3n) is 4.41. The minimum absolute atomic E-state index is 0.216. The summed E-state index contributed by atoms with van der Waals surface area (Å²) in [5.41, 5.74) is 2.28. The molecule has 0 amide bonds. The normalized spacial score (nSPS) is 16.9. The number of nitrogens with zero attached hydrogens (tertiary/aromatic N) is 4. The molecule has 0 saturated carbocycles. The highest BCUT2D eigenvalue weighted by Crippen LogP contribution is 2.29. The first-order chi connectivity index (χ1) is 11.3. The standard InChI is InChI=1S/C18H22N4O/c1-21-17(14-20-18(21)15-6-3-2-4-7-15)16(8-5-9-19)22-10-12-23-13-11-22/h2-4,6-7,14,16H,5,8,10-13H2,1H3. The fourth-order valence-electron chi connectivity index (χ4n) is 3.20. The molecule has 5 nitrogen and oxygen atoms in total. The predicted octanol–water partition coefficient (Wildman–Crippen LogP) is 2.76. The second-order valence-electron chi connectivity index (χ2n) is 5.79. The molecule has 1 saturated heterocycles. The smallest absolute Gasteiger partial charge is 0.139 e. The van der Waals surface area contributed by atoms with Gasteiger partial charge in [-0.2, -0.15) is 5.26 Å². The van der Waals surface area contributed by atoms with Crippen LogP contribution in [0.5, 0.6) is 0 Å². The van der Waals surface area contributed by atoms with Gasteiger partial charge in [0.25, 0.3) is 0 Å². The topological polar surface area (TPSA) is 54.1 Å². The second kappa shape index (κ2) is 7.40. The van der Waals surface area contributed by atoms with Crippen LogP contribution in [0.2, 0.25) is 0 Å². The number of hydrogen-bond acceptors (Lipinski definition) is 4. The highest BCUT2D eigenvalue weighted by molar-refractivity contribution is 5.55. The number of rotatable bonds is 5. The monoisotopic (exact) mass is 310 g/mol. The maximum Gasteiger partial charge on any atom is 0.139 e. The molecule has 1 unspecified atom stereocenters. The predicted molar refractivity (Wildman–Crippen MR) is 88.6 cm³/mol. The molecule has 0 bridgehead atoms. The van der Waals surface area contributed by atoms with Gasteiger partial charge in [0.2, 0.25) is 0 Å². The number of ether oxygens (including phenoxy) is 1. The van der Waals surface area contributed by atoms with Crippen LogP contribution in [-0.2, 0) is 11.8 Å². The van der Waals surface area contributed by atoms with E-state index in [1.807, 2.05) is 24.4 Å². The lowest BCUT2D eigenvalue weighted by atomic mass is 10.1. The summed E-state index contributed by atoms with van der Waals surface area (Å²) >= 11 is 0. The number of imidazole rings is 1. The lowest BCUT2D eigenvalue weighted by Crippen LogP contribution is -2.39. The molecule has 2 heterocycles. The quantitative estimate of drug-likeness (QED) is 0.852. The van der Waals surface area contributed by atoms with E-state index in [1.165, 1.54) is 5.69 Å².